The van der Waals surface area contributed by atoms with Crippen molar-refractivity contribution in [2.24, 2.45) is 29.1 Å². The van der Waals surface area contributed by atoms with Gasteiger partial charge in [-0.25, -0.2) is 0 Å². The number of amides is 1. The molecular formula is C34H38N2O5. The van der Waals surface area contributed by atoms with Gasteiger partial charge in [-0.1, -0.05) is 63.6 Å². The third-order valence-electron chi connectivity index (χ3n) is 10.3. The van der Waals surface area contributed by atoms with Gasteiger partial charge in [-0.05, 0) is 61.5 Å². The van der Waals surface area contributed by atoms with Crippen molar-refractivity contribution in [3.05, 3.63) is 72.0 Å². The fourth-order valence-electron chi connectivity index (χ4n) is 8.32. The second kappa shape index (κ2) is 9.76. The third-order valence-corrected chi connectivity index (χ3v) is 10.3. The Bertz CT molecular complexity index is 1550. The van der Waals surface area contributed by atoms with Crippen LogP contribution in [0.1, 0.15) is 58.9 Å². The Labute approximate surface area is 240 Å². The van der Waals surface area contributed by atoms with Crippen molar-refractivity contribution in [2.45, 2.75) is 71.1 Å². The number of aromatic amines is 1. The van der Waals surface area contributed by atoms with Crippen molar-refractivity contribution >= 4 is 34.2 Å². The molecule has 9 unspecified atom stereocenters. The number of hydrogen-bond donors (Lipinski definition) is 2. The Morgan fingerprint density at radius 3 is 2.63 bits per heavy atom. The number of rotatable bonds is 3. The highest BCUT2D eigenvalue weighted by Crippen LogP contribution is 2.67. The largest absolute Gasteiger partial charge is 0.365 e. The van der Waals surface area contributed by atoms with E-state index in [0.29, 0.717) is 12.0 Å². The van der Waals surface area contributed by atoms with Gasteiger partial charge in [0.15, 0.2) is 5.78 Å². The van der Waals surface area contributed by atoms with Gasteiger partial charge in [0.05, 0.1) is 11.7 Å². The summed E-state index contributed by atoms with van der Waals surface area (Å²) in [5.41, 5.74) is 0.537. The van der Waals surface area contributed by atoms with Crippen LogP contribution in [0, 0.1) is 29.1 Å². The van der Waals surface area contributed by atoms with E-state index in [4.69, 9.17) is 4.74 Å². The lowest BCUT2D eigenvalue weighted by molar-refractivity contribution is -0.145. The Hall–Kier alpha value is -3.58. The number of fused-ring (bicyclic) bond motifs is 3. The van der Waals surface area contributed by atoms with Crippen molar-refractivity contribution in [2.75, 3.05) is 0 Å². The van der Waals surface area contributed by atoms with E-state index in [1.807, 2.05) is 43.5 Å². The van der Waals surface area contributed by atoms with Crippen LogP contribution < -0.4 is 5.32 Å². The molecule has 2 aliphatic heterocycles. The van der Waals surface area contributed by atoms with Crippen molar-refractivity contribution in [1.82, 2.24) is 10.3 Å². The summed E-state index contributed by atoms with van der Waals surface area (Å²) in [7, 11) is 0. The standard InChI is InChI=1S/C34H38N2O5/c1-6-23-28-29(20(4)22-17-35-25-13-8-7-11-21(22)25)36-32(40)34(28)24(31-33(23,5)41-31)12-9-10-18(2)16-19(3)30(39)26(37)14-15-27(34)38/h7-9,11-18,20,23-24,28-29,31,35H,6,10H2,1-5H3,(H,36,40). The summed E-state index contributed by atoms with van der Waals surface area (Å²) in [6.45, 7) is 9.92. The minimum absolute atomic E-state index is 0.000661. The summed E-state index contributed by atoms with van der Waals surface area (Å²) >= 11 is 0. The van der Waals surface area contributed by atoms with E-state index in [-0.39, 0.29) is 41.7 Å². The zero-order valence-corrected chi connectivity index (χ0v) is 24.3. The molecule has 0 radical (unpaired) electrons. The number of allylic oxidation sites excluding steroid dienone is 5. The molecule has 6 rings (SSSR count). The highest BCUT2D eigenvalue weighted by Gasteiger charge is 2.79. The fourth-order valence-corrected chi connectivity index (χ4v) is 8.32. The van der Waals surface area contributed by atoms with Crippen LogP contribution in [0.5, 0.6) is 0 Å². The summed E-state index contributed by atoms with van der Waals surface area (Å²) in [5.74, 6) is -3.20. The molecule has 7 heteroatoms. The van der Waals surface area contributed by atoms with Gasteiger partial charge in [-0.3, -0.25) is 19.2 Å². The molecule has 1 spiro atoms. The molecule has 3 heterocycles. The molecule has 1 saturated carbocycles. The van der Waals surface area contributed by atoms with Crippen LogP contribution in [0.4, 0.5) is 0 Å². The molecule has 7 nitrogen and oxygen atoms in total. The highest BCUT2D eigenvalue weighted by atomic mass is 16.6. The van der Waals surface area contributed by atoms with Gasteiger partial charge < -0.3 is 15.0 Å². The number of epoxide rings is 1. The topological polar surface area (TPSA) is 109 Å². The van der Waals surface area contributed by atoms with E-state index in [9.17, 15) is 19.2 Å². The average molecular weight is 555 g/mol. The third kappa shape index (κ3) is 3.96. The SMILES string of the molecule is CCC1C2C(C(C)c3c[nH]c4ccccc34)NC(=O)C23C(=O)C=CC(=O)C(=O)C(C)=CC(C)CC=CC3C2OC12C. The van der Waals surface area contributed by atoms with Gasteiger partial charge in [0.2, 0.25) is 17.5 Å². The summed E-state index contributed by atoms with van der Waals surface area (Å²) in [4.78, 5) is 57.8. The molecule has 4 aliphatic rings. The number of carbonyl (C=O) groups excluding carboxylic acids is 4. The van der Waals surface area contributed by atoms with E-state index >= 15 is 0 Å². The highest BCUT2D eigenvalue weighted by molar-refractivity contribution is 6.47. The van der Waals surface area contributed by atoms with Crippen LogP contribution in [-0.4, -0.2) is 46.0 Å². The molecule has 41 heavy (non-hydrogen) atoms. The van der Waals surface area contributed by atoms with Crippen LogP contribution in [0.25, 0.3) is 10.9 Å². The number of ketones is 3. The first-order chi connectivity index (χ1) is 19.5. The molecule has 2 N–H and O–H groups in total. The quantitative estimate of drug-likeness (QED) is 0.241. The molecule has 2 aliphatic carbocycles. The number of hydrogen-bond acceptors (Lipinski definition) is 5. The minimum Gasteiger partial charge on any atom is -0.365 e. The first-order valence-electron chi connectivity index (χ1n) is 14.8. The first-order valence-corrected chi connectivity index (χ1v) is 14.8. The second-order valence-electron chi connectivity index (χ2n) is 12.6. The molecule has 1 aromatic carbocycles. The van der Waals surface area contributed by atoms with E-state index in [1.165, 1.54) is 6.08 Å². The molecule has 0 bridgehead atoms. The van der Waals surface area contributed by atoms with Gasteiger partial charge in [-0.15, -0.1) is 0 Å². The number of Topliss-reactive ketones (excluding diaryl/α,β-unsaturated/α-hetero) is 1. The average Bonchev–Trinajstić information content (AvgIpc) is 3.31. The molecule has 3 fully saturated rings. The zero-order chi connectivity index (χ0) is 29.3. The Kier molecular flexibility index (Phi) is 6.57. The van der Waals surface area contributed by atoms with Crippen LogP contribution >= 0.6 is 0 Å². The van der Waals surface area contributed by atoms with E-state index in [0.717, 1.165) is 29.0 Å². The lowest BCUT2D eigenvalue weighted by atomic mass is 9.50. The monoisotopic (exact) mass is 554 g/mol. The summed E-state index contributed by atoms with van der Waals surface area (Å²) < 4.78 is 6.44. The van der Waals surface area contributed by atoms with Crippen LogP contribution in [0.2, 0.25) is 0 Å². The number of benzene rings is 1. The number of nitrogens with one attached hydrogen (secondary N) is 2. The number of H-pyrrole nitrogens is 1. The van der Waals surface area contributed by atoms with Crippen LogP contribution in [-0.2, 0) is 23.9 Å². The maximum atomic E-state index is 14.4. The van der Waals surface area contributed by atoms with E-state index < -0.39 is 34.3 Å². The number of aromatic nitrogens is 1. The number of ether oxygens (including phenoxy) is 1. The Balaban J connectivity index is 1.52. The second-order valence-corrected chi connectivity index (χ2v) is 12.6. The van der Waals surface area contributed by atoms with Gasteiger partial charge in [-0.2, -0.15) is 0 Å². The fraction of sp³-hybridized carbons (Fsp3) is 0.471. The lowest BCUT2D eigenvalue weighted by Gasteiger charge is -2.47. The zero-order valence-electron chi connectivity index (χ0n) is 24.3. The number of carbonyl (C=O) groups is 4. The summed E-state index contributed by atoms with van der Waals surface area (Å²) in [6, 6.07) is 7.75. The van der Waals surface area contributed by atoms with Gasteiger partial charge >= 0.3 is 0 Å². The normalized spacial score (nSPS) is 37.7. The van der Waals surface area contributed by atoms with Gasteiger partial charge in [0, 0.05) is 40.9 Å². The molecule has 1 amide bonds. The Morgan fingerprint density at radius 2 is 1.88 bits per heavy atom. The maximum absolute atomic E-state index is 14.4. The van der Waals surface area contributed by atoms with Crippen molar-refractivity contribution in [3.8, 4) is 0 Å². The molecule has 2 aromatic rings. The molecular weight excluding hydrogens is 516 g/mol. The summed E-state index contributed by atoms with van der Waals surface area (Å²) in [6.07, 6.45) is 11.1. The summed E-state index contributed by atoms with van der Waals surface area (Å²) in [5, 5.41) is 4.38. The van der Waals surface area contributed by atoms with Gasteiger partial charge in [0.25, 0.3) is 0 Å². The predicted octanol–water partition coefficient (Wildman–Crippen LogP) is 4.99. The van der Waals surface area contributed by atoms with Crippen LogP contribution in [0.15, 0.2) is 66.4 Å². The van der Waals surface area contributed by atoms with E-state index in [2.05, 4.69) is 37.1 Å². The van der Waals surface area contributed by atoms with Crippen molar-refractivity contribution < 1.29 is 23.9 Å². The Morgan fingerprint density at radius 1 is 1.12 bits per heavy atom. The molecule has 1 aromatic heterocycles. The maximum Gasteiger partial charge on any atom is 0.235 e. The van der Waals surface area contributed by atoms with Crippen LogP contribution in [0.3, 0.4) is 0 Å². The smallest absolute Gasteiger partial charge is 0.235 e. The molecule has 2 saturated heterocycles. The van der Waals surface area contributed by atoms with Crippen molar-refractivity contribution in [1.29, 1.82) is 0 Å². The van der Waals surface area contributed by atoms with Gasteiger partial charge in [0.1, 0.15) is 5.41 Å². The molecule has 9 atom stereocenters. The minimum atomic E-state index is -1.46. The molecule has 214 valence electrons. The van der Waals surface area contributed by atoms with E-state index in [1.54, 1.807) is 13.0 Å². The number of para-hydroxylation sites is 1. The predicted molar refractivity (Wildman–Crippen MR) is 156 cm³/mol. The van der Waals surface area contributed by atoms with Crippen molar-refractivity contribution in [3.63, 3.8) is 0 Å². The first kappa shape index (κ1) is 27.6. The lowest BCUT2D eigenvalue weighted by Crippen LogP contribution is -2.58.